The molecule has 1 amide bonds. The highest BCUT2D eigenvalue weighted by molar-refractivity contribution is 5.99. The van der Waals surface area contributed by atoms with Crippen LogP contribution in [0.15, 0.2) is 12.1 Å². The van der Waals surface area contributed by atoms with Crippen LogP contribution in [0.5, 0.6) is 11.5 Å². The number of alkyl halides is 3. The molecule has 0 atom stereocenters. The third-order valence-corrected chi connectivity index (χ3v) is 4.17. The molecule has 1 fully saturated rings. The summed E-state index contributed by atoms with van der Waals surface area (Å²) < 4.78 is 54.3. The highest BCUT2D eigenvalue weighted by atomic mass is 19.4. The van der Waals surface area contributed by atoms with E-state index in [9.17, 15) is 28.1 Å². The lowest BCUT2D eigenvalue weighted by Gasteiger charge is -2.34. The minimum Gasteiger partial charge on any atom is -0.493 e. The number of benzene rings is 1. The van der Waals surface area contributed by atoms with Gasteiger partial charge in [0.15, 0.2) is 11.5 Å². The molecular weight excluding hydrogens is 373 g/mol. The number of rotatable bonds is 6. The van der Waals surface area contributed by atoms with Gasteiger partial charge < -0.3 is 19.1 Å². The summed E-state index contributed by atoms with van der Waals surface area (Å²) in [6.45, 7) is -1.09. The van der Waals surface area contributed by atoms with Gasteiger partial charge in [0.25, 0.3) is 11.6 Å². The summed E-state index contributed by atoms with van der Waals surface area (Å²) in [5, 5.41) is 11.4. The summed E-state index contributed by atoms with van der Waals surface area (Å²) in [5.74, 6) is -1.09. The molecule has 0 radical (unpaired) electrons. The molecule has 150 valence electrons. The van der Waals surface area contributed by atoms with Crippen molar-refractivity contribution in [2.24, 2.45) is 0 Å². The van der Waals surface area contributed by atoms with Crippen molar-refractivity contribution in [3.8, 4) is 11.5 Å². The fraction of sp³-hybridized carbons (Fsp3) is 0.562. The molecule has 1 saturated heterocycles. The minimum atomic E-state index is -4.65. The maximum atomic E-state index is 13.1. The SMILES string of the molecule is COc1cc(C(=O)N(CC(F)(F)F)C2CCOCC2)c([N+](=O)[O-])cc1OC. The quantitative estimate of drug-likeness (QED) is 0.546. The zero-order chi connectivity index (χ0) is 20.2. The van der Waals surface area contributed by atoms with E-state index in [1.54, 1.807) is 0 Å². The number of amides is 1. The fourth-order valence-corrected chi connectivity index (χ4v) is 2.90. The van der Waals surface area contributed by atoms with Gasteiger partial charge in [-0.15, -0.1) is 0 Å². The third kappa shape index (κ3) is 5.00. The minimum absolute atomic E-state index is 0.00499. The Labute approximate surface area is 152 Å². The third-order valence-electron chi connectivity index (χ3n) is 4.17. The Balaban J connectivity index is 2.50. The van der Waals surface area contributed by atoms with E-state index in [-0.39, 0.29) is 37.6 Å². The van der Waals surface area contributed by atoms with Gasteiger partial charge in [-0.2, -0.15) is 13.2 Å². The molecule has 0 saturated carbocycles. The van der Waals surface area contributed by atoms with Crippen LogP contribution in [0.3, 0.4) is 0 Å². The van der Waals surface area contributed by atoms with Gasteiger partial charge in [0.1, 0.15) is 12.1 Å². The van der Waals surface area contributed by atoms with E-state index in [1.165, 1.54) is 14.2 Å². The Bertz CT molecular complexity index is 704. The van der Waals surface area contributed by atoms with E-state index in [2.05, 4.69) is 0 Å². The van der Waals surface area contributed by atoms with Crippen LogP contribution in [0.1, 0.15) is 23.2 Å². The predicted octanol–water partition coefficient (Wildman–Crippen LogP) is 2.80. The molecule has 1 aliphatic heterocycles. The molecule has 0 aliphatic carbocycles. The molecule has 1 aromatic carbocycles. The Hall–Kier alpha value is -2.56. The number of nitro benzene ring substituents is 1. The van der Waals surface area contributed by atoms with Crippen LogP contribution in [0.2, 0.25) is 0 Å². The van der Waals surface area contributed by atoms with Gasteiger partial charge >= 0.3 is 6.18 Å². The first-order valence-corrected chi connectivity index (χ1v) is 8.03. The van der Waals surface area contributed by atoms with Crippen LogP contribution in [-0.2, 0) is 4.74 Å². The lowest BCUT2D eigenvalue weighted by atomic mass is 10.0. The number of ether oxygens (including phenoxy) is 3. The summed E-state index contributed by atoms with van der Waals surface area (Å²) in [6, 6.07) is 1.25. The van der Waals surface area contributed by atoms with Gasteiger partial charge in [-0.25, -0.2) is 0 Å². The lowest BCUT2D eigenvalue weighted by molar-refractivity contribution is -0.385. The van der Waals surface area contributed by atoms with Crippen LogP contribution < -0.4 is 9.47 Å². The van der Waals surface area contributed by atoms with Crippen LogP contribution in [0.25, 0.3) is 0 Å². The topological polar surface area (TPSA) is 91.1 Å². The van der Waals surface area contributed by atoms with Crippen molar-refractivity contribution < 1.29 is 37.1 Å². The molecule has 0 N–H and O–H groups in total. The van der Waals surface area contributed by atoms with Crippen molar-refractivity contribution >= 4 is 11.6 Å². The second-order valence-electron chi connectivity index (χ2n) is 5.87. The van der Waals surface area contributed by atoms with Crippen LogP contribution >= 0.6 is 0 Å². The van der Waals surface area contributed by atoms with E-state index in [1.807, 2.05) is 0 Å². The Kier molecular flexibility index (Phi) is 6.47. The monoisotopic (exact) mass is 392 g/mol. The van der Waals surface area contributed by atoms with Crippen LogP contribution in [0.4, 0.5) is 18.9 Å². The highest BCUT2D eigenvalue weighted by Crippen LogP contribution is 2.36. The summed E-state index contributed by atoms with van der Waals surface area (Å²) in [7, 11) is 2.50. The van der Waals surface area contributed by atoms with Crippen molar-refractivity contribution in [3.63, 3.8) is 0 Å². The van der Waals surface area contributed by atoms with Gasteiger partial charge in [-0.3, -0.25) is 14.9 Å². The first kappa shape index (κ1) is 20.7. The highest BCUT2D eigenvalue weighted by Gasteiger charge is 2.39. The van der Waals surface area contributed by atoms with Crippen LogP contribution in [-0.4, -0.2) is 61.9 Å². The molecule has 1 aliphatic rings. The molecule has 8 nitrogen and oxygen atoms in total. The average Bonchev–Trinajstić information content (AvgIpc) is 2.64. The smallest absolute Gasteiger partial charge is 0.406 e. The first-order chi connectivity index (χ1) is 12.7. The summed E-state index contributed by atoms with van der Waals surface area (Å²) in [6.07, 6.45) is -4.23. The lowest BCUT2D eigenvalue weighted by Crippen LogP contribution is -2.48. The second-order valence-corrected chi connectivity index (χ2v) is 5.87. The second kappa shape index (κ2) is 8.42. The molecule has 0 bridgehead atoms. The Morgan fingerprint density at radius 1 is 1.26 bits per heavy atom. The van der Waals surface area contributed by atoms with Gasteiger partial charge in [0.05, 0.1) is 25.2 Å². The zero-order valence-corrected chi connectivity index (χ0v) is 14.7. The average molecular weight is 392 g/mol. The van der Waals surface area contributed by atoms with Crippen molar-refractivity contribution in [1.29, 1.82) is 0 Å². The normalized spacial score (nSPS) is 15.3. The van der Waals surface area contributed by atoms with E-state index in [0.717, 1.165) is 12.1 Å². The van der Waals surface area contributed by atoms with Crippen molar-refractivity contribution in [3.05, 3.63) is 27.8 Å². The molecule has 0 unspecified atom stereocenters. The Morgan fingerprint density at radius 2 is 1.81 bits per heavy atom. The number of nitro groups is 1. The number of halogens is 3. The number of carbonyl (C=O) groups is 1. The van der Waals surface area contributed by atoms with Gasteiger partial charge in [0.2, 0.25) is 0 Å². The zero-order valence-electron chi connectivity index (χ0n) is 14.7. The van der Waals surface area contributed by atoms with Gasteiger partial charge in [0, 0.05) is 25.3 Å². The molecule has 1 aromatic rings. The van der Waals surface area contributed by atoms with Crippen molar-refractivity contribution in [2.75, 3.05) is 34.0 Å². The fourth-order valence-electron chi connectivity index (χ4n) is 2.90. The Morgan fingerprint density at radius 3 is 2.30 bits per heavy atom. The summed E-state index contributed by atoms with van der Waals surface area (Å²) >= 11 is 0. The number of hydrogen-bond acceptors (Lipinski definition) is 6. The van der Waals surface area contributed by atoms with E-state index < -0.39 is 40.8 Å². The first-order valence-electron chi connectivity index (χ1n) is 8.03. The summed E-state index contributed by atoms with van der Waals surface area (Å²) in [4.78, 5) is 24.1. The molecule has 0 aromatic heterocycles. The molecule has 2 rings (SSSR count). The molecule has 11 heteroatoms. The number of nitrogens with zero attached hydrogens (tertiary/aromatic N) is 2. The van der Waals surface area contributed by atoms with E-state index in [0.29, 0.717) is 4.90 Å². The molecule has 0 spiro atoms. The van der Waals surface area contributed by atoms with Crippen molar-refractivity contribution in [1.82, 2.24) is 4.90 Å². The number of carbonyl (C=O) groups excluding carboxylic acids is 1. The number of hydrogen-bond donors (Lipinski definition) is 0. The molecular formula is C16H19F3N2O6. The van der Waals surface area contributed by atoms with Gasteiger partial charge in [-0.1, -0.05) is 0 Å². The summed E-state index contributed by atoms with van der Waals surface area (Å²) in [5.41, 5.74) is -1.15. The maximum absolute atomic E-state index is 13.1. The predicted molar refractivity (Wildman–Crippen MR) is 87.1 cm³/mol. The van der Waals surface area contributed by atoms with E-state index in [4.69, 9.17) is 14.2 Å². The van der Waals surface area contributed by atoms with E-state index >= 15 is 0 Å². The number of methoxy groups -OCH3 is 2. The largest absolute Gasteiger partial charge is 0.493 e. The maximum Gasteiger partial charge on any atom is 0.406 e. The molecule has 1 heterocycles. The van der Waals surface area contributed by atoms with Crippen LogP contribution in [0, 0.1) is 10.1 Å². The standard InChI is InChI=1S/C16H19F3N2O6/c1-25-13-7-11(12(21(23)24)8-14(13)26-2)15(22)20(9-16(17,18)19)10-3-5-27-6-4-10/h7-8,10H,3-6,9H2,1-2H3. The van der Waals surface area contributed by atoms with Crippen molar-refractivity contribution in [2.45, 2.75) is 25.1 Å². The molecule has 27 heavy (non-hydrogen) atoms. The van der Waals surface area contributed by atoms with Gasteiger partial charge in [-0.05, 0) is 12.8 Å².